The zero-order valence-corrected chi connectivity index (χ0v) is 10.5. The Kier molecular flexibility index (Phi) is 3.97. The van der Waals surface area contributed by atoms with Crippen LogP contribution in [0.4, 0.5) is 15.8 Å². The average Bonchev–Trinajstić information content (AvgIpc) is 2.38. The van der Waals surface area contributed by atoms with Crippen LogP contribution < -0.4 is 5.32 Å². The van der Waals surface area contributed by atoms with Crippen molar-refractivity contribution in [2.45, 2.75) is 6.54 Å². The van der Waals surface area contributed by atoms with Gasteiger partial charge in [0.1, 0.15) is 11.5 Å². The summed E-state index contributed by atoms with van der Waals surface area (Å²) in [6, 6.07) is 10.2. The lowest BCUT2D eigenvalue weighted by Crippen LogP contribution is -2.02. The Morgan fingerprint density at radius 3 is 2.53 bits per heavy atom. The number of nitrogens with zero attached hydrogens (tertiary/aromatic N) is 1. The summed E-state index contributed by atoms with van der Waals surface area (Å²) < 4.78 is 12.7. The van der Waals surface area contributed by atoms with Gasteiger partial charge in [0.05, 0.1) is 4.92 Å². The van der Waals surface area contributed by atoms with Gasteiger partial charge in [-0.1, -0.05) is 23.7 Å². The summed E-state index contributed by atoms with van der Waals surface area (Å²) in [6.45, 7) is 0.349. The van der Waals surface area contributed by atoms with Crippen molar-refractivity contribution >= 4 is 23.0 Å². The van der Waals surface area contributed by atoms with E-state index in [1.807, 2.05) is 0 Å². The zero-order chi connectivity index (χ0) is 13.8. The molecule has 1 N–H and O–H groups in total. The predicted molar refractivity (Wildman–Crippen MR) is 71.8 cm³/mol. The topological polar surface area (TPSA) is 55.2 Å². The van der Waals surface area contributed by atoms with E-state index in [0.29, 0.717) is 17.3 Å². The van der Waals surface area contributed by atoms with Crippen LogP contribution in [0.25, 0.3) is 0 Å². The van der Waals surface area contributed by atoms with Gasteiger partial charge in [-0.15, -0.1) is 0 Å². The smallest absolute Gasteiger partial charge is 0.292 e. The van der Waals surface area contributed by atoms with E-state index in [1.54, 1.807) is 12.1 Å². The van der Waals surface area contributed by atoms with E-state index in [0.717, 1.165) is 5.56 Å². The van der Waals surface area contributed by atoms with Crippen molar-refractivity contribution in [1.82, 2.24) is 0 Å². The van der Waals surface area contributed by atoms with E-state index in [2.05, 4.69) is 5.32 Å². The molecule has 0 aromatic heterocycles. The quantitative estimate of drug-likeness (QED) is 0.680. The van der Waals surface area contributed by atoms with Gasteiger partial charge in [0.15, 0.2) is 0 Å². The van der Waals surface area contributed by atoms with Gasteiger partial charge in [-0.25, -0.2) is 4.39 Å². The van der Waals surface area contributed by atoms with Crippen LogP contribution in [0.1, 0.15) is 5.56 Å². The lowest BCUT2D eigenvalue weighted by Gasteiger charge is -2.07. The Morgan fingerprint density at radius 1 is 1.21 bits per heavy atom. The number of nitro groups is 1. The molecule has 2 aromatic carbocycles. The average molecular weight is 281 g/mol. The van der Waals surface area contributed by atoms with Crippen molar-refractivity contribution in [3.63, 3.8) is 0 Å². The Morgan fingerprint density at radius 2 is 1.89 bits per heavy atom. The lowest BCUT2D eigenvalue weighted by atomic mass is 10.2. The first-order valence-corrected chi connectivity index (χ1v) is 5.86. The van der Waals surface area contributed by atoms with E-state index in [4.69, 9.17) is 11.6 Å². The van der Waals surface area contributed by atoms with Gasteiger partial charge in [-0.3, -0.25) is 10.1 Å². The third kappa shape index (κ3) is 3.42. The molecule has 0 heterocycles. The van der Waals surface area contributed by atoms with Crippen LogP contribution in [0.3, 0.4) is 0 Å². The molecular weight excluding hydrogens is 271 g/mol. The van der Waals surface area contributed by atoms with Crippen LogP contribution in [0.2, 0.25) is 5.02 Å². The fourth-order valence-corrected chi connectivity index (χ4v) is 1.78. The summed E-state index contributed by atoms with van der Waals surface area (Å²) in [5.41, 5.74) is 1.10. The maximum Gasteiger partial charge on any atom is 0.292 e. The van der Waals surface area contributed by atoms with Crippen LogP contribution in [-0.4, -0.2) is 4.92 Å². The van der Waals surface area contributed by atoms with Gasteiger partial charge in [0, 0.05) is 17.6 Å². The van der Waals surface area contributed by atoms with Crippen LogP contribution in [0, 0.1) is 15.9 Å². The molecule has 19 heavy (non-hydrogen) atoms. The van der Waals surface area contributed by atoms with Crippen molar-refractivity contribution in [3.8, 4) is 0 Å². The molecule has 0 aliphatic rings. The Balaban J connectivity index is 2.16. The fraction of sp³-hybridized carbons (Fsp3) is 0.0769. The normalized spacial score (nSPS) is 10.2. The first-order chi connectivity index (χ1) is 9.06. The minimum atomic E-state index is -0.483. The molecule has 0 amide bonds. The van der Waals surface area contributed by atoms with E-state index >= 15 is 0 Å². The van der Waals surface area contributed by atoms with E-state index < -0.39 is 4.92 Å². The van der Waals surface area contributed by atoms with Gasteiger partial charge in [0.25, 0.3) is 5.69 Å². The van der Waals surface area contributed by atoms with Crippen LogP contribution in [0.5, 0.6) is 0 Å². The molecule has 98 valence electrons. The third-order valence-corrected chi connectivity index (χ3v) is 2.79. The second-order valence-corrected chi connectivity index (χ2v) is 4.34. The minimum absolute atomic E-state index is 0.0495. The predicted octanol–water partition coefficient (Wildman–Crippen LogP) is 4.00. The number of hydrogen-bond donors (Lipinski definition) is 1. The standard InChI is InChI=1S/C13H10ClFN2O2/c14-10-3-6-13(17(18)19)12(7-10)16-8-9-1-4-11(15)5-2-9/h1-7,16H,8H2. The number of nitrogens with one attached hydrogen (secondary N) is 1. The maximum atomic E-state index is 12.7. The second-order valence-electron chi connectivity index (χ2n) is 3.90. The molecule has 0 unspecified atom stereocenters. The van der Waals surface area contributed by atoms with Crippen molar-refractivity contribution in [3.05, 3.63) is 69.0 Å². The molecule has 0 spiro atoms. The Hall–Kier alpha value is -2.14. The maximum absolute atomic E-state index is 12.7. The second kappa shape index (κ2) is 5.67. The summed E-state index contributed by atoms with van der Waals surface area (Å²) in [5, 5.41) is 14.2. The highest BCUT2D eigenvalue weighted by atomic mass is 35.5. The zero-order valence-electron chi connectivity index (χ0n) is 9.77. The summed E-state index contributed by atoms with van der Waals surface area (Å²) in [5.74, 6) is -0.322. The Bertz CT molecular complexity index is 602. The molecule has 0 atom stereocenters. The molecule has 0 bridgehead atoms. The highest BCUT2D eigenvalue weighted by Crippen LogP contribution is 2.28. The summed E-state index contributed by atoms with van der Waals surface area (Å²) in [7, 11) is 0. The molecule has 0 saturated carbocycles. The lowest BCUT2D eigenvalue weighted by molar-refractivity contribution is -0.384. The highest BCUT2D eigenvalue weighted by molar-refractivity contribution is 6.31. The molecule has 0 aliphatic carbocycles. The molecule has 0 fully saturated rings. The third-order valence-electron chi connectivity index (χ3n) is 2.55. The SMILES string of the molecule is O=[N+]([O-])c1ccc(Cl)cc1NCc1ccc(F)cc1. The van der Waals surface area contributed by atoms with Crippen molar-refractivity contribution in [1.29, 1.82) is 0 Å². The minimum Gasteiger partial charge on any atom is -0.375 e. The summed E-state index contributed by atoms with van der Waals surface area (Å²) in [6.07, 6.45) is 0. The first kappa shape index (κ1) is 13.3. The summed E-state index contributed by atoms with van der Waals surface area (Å²) in [4.78, 5) is 10.4. The van der Waals surface area contributed by atoms with Gasteiger partial charge in [-0.2, -0.15) is 0 Å². The number of hydrogen-bond acceptors (Lipinski definition) is 3. The molecule has 2 rings (SSSR count). The first-order valence-electron chi connectivity index (χ1n) is 5.48. The number of benzene rings is 2. The summed E-state index contributed by atoms with van der Waals surface area (Å²) >= 11 is 5.81. The Labute approximate surface area is 114 Å². The largest absolute Gasteiger partial charge is 0.375 e. The monoisotopic (exact) mass is 280 g/mol. The molecule has 6 heteroatoms. The number of anilines is 1. The van der Waals surface area contributed by atoms with Gasteiger partial charge in [-0.05, 0) is 29.8 Å². The van der Waals surface area contributed by atoms with Crippen molar-refractivity contribution in [2.24, 2.45) is 0 Å². The molecule has 0 saturated heterocycles. The number of rotatable bonds is 4. The van der Waals surface area contributed by atoms with E-state index in [-0.39, 0.29) is 11.5 Å². The molecule has 0 aliphatic heterocycles. The van der Waals surface area contributed by atoms with Gasteiger partial charge in [0.2, 0.25) is 0 Å². The van der Waals surface area contributed by atoms with Crippen molar-refractivity contribution < 1.29 is 9.31 Å². The number of nitro benzene ring substituents is 1. The highest BCUT2D eigenvalue weighted by Gasteiger charge is 2.13. The van der Waals surface area contributed by atoms with Gasteiger partial charge < -0.3 is 5.32 Å². The van der Waals surface area contributed by atoms with E-state index in [1.165, 1.54) is 30.3 Å². The molecule has 4 nitrogen and oxygen atoms in total. The van der Waals surface area contributed by atoms with E-state index in [9.17, 15) is 14.5 Å². The molecular formula is C13H10ClFN2O2. The van der Waals surface area contributed by atoms with Gasteiger partial charge >= 0.3 is 0 Å². The van der Waals surface area contributed by atoms with Crippen LogP contribution in [0.15, 0.2) is 42.5 Å². The number of halogens is 2. The van der Waals surface area contributed by atoms with Crippen molar-refractivity contribution in [2.75, 3.05) is 5.32 Å². The van der Waals surface area contributed by atoms with Crippen LogP contribution in [-0.2, 0) is 6.54 Å². The molecule has 0 radical (unpaired) electrons. The fourth-order valence-electron chi connectivity index (χ4n) is 1.61. The van der Waals surface area contributed by atoms with Crippen LogP contribution >= 0.6 is 11.6 Å². The molecule has 2 aromatic rings.